The Morgan fingerprint density at radius 3 is 2.77 bits per heavy atom. The van der Waals surface area contributed by atoms with Gasteiger partial charge in [0, 0.05) is 11.3 Å². The Bertz CT molecular complexity index is 319. The van der Waals surface area contributed by atoms with E-state index in [9.17, 15) is 4.79 Å². The van der Waals surface area contributed by atoms with Crippen molar-refractivity contribution < 1.29 is 0 Å². The lowest BCUT2D eigenvalue weighted by atomic mass is 10.2. The number of nitrogens with one attached hydrogen (secondary N) is 1. The average Bonchev–Trinajstić information content (AvgIpc) is 2.15. The van der Waals surface area contributed by atoms with Crippen LogP contribution in [-0.4, -0.2) is 4.98 Å². The molecule has 1 N–H and O–H groups in total. The van der Waals surface area contributed by atoms with Crippen molar-refractivity contribution >= 4 is 11.6 Å². The zero-order chi connectivity index (χ0) is 9.68. The van der Waals surface area contributed by atoms with Crippen LogP contribution in [0.2, 0.25) is 0 Å². The number of hydrogen-bond donors (Lipinski definition) is 1. The lowest BCUT2D eigenvalue weighted by Crippen LogP contribution is -2.12. The van der Waals surface area contributed by atoms with Crippen LogP contribution in [0.1, 0.15) is 31.0 Å². The molecule has 0 aliphatic rings. The molecule has 0 radical (unpaired) electrons. The van der Waals surface area contributed by atoms with E-state index in [1.807, 2.05) is 6.07 Å². The molecule has 0 bridgehead atoms. The summed E-state index contributed by atoms with van der Waals surface area (Å²) in [6.07, 6.45) is 3.18. The molecule has 3 heteroatoms. The number of pyridine rings is 1. The van der Waals surface area contributed by atoms with Gasteiger partial charge in [-0.1, -0.05) is 19.4 Å². The molecule has 0 aliphatic carbocycles. The maximum Gasteiger partial charge on any atom is 0.252 e. The highest BCUT2D eigenvalue weighted by atomic mass is 35.5. The van der Waals surface area contributed by atoms with Gasteiger partial charge in [0.25, 0.3) is 5.56 Å². The van der Waals surface area contributed by atoms with Gasteiger partial charge in [-0.2, -0.15) is 0 Å². The fourth-order valence-electron chi connectivity index (χ4n) is 1.16. The van der Waals surface area contributed by atoms with Crippen molar-refractivity contribution in [1.29, 1.82) is 0 Å². The van der Waals surface area contributed by atoms with E-state index in [1.165, 1.54) is 0 Å². The Morgan fingerprint density at radius 2 is 2.23 bits per heavy atom. The molecule has 72 valence electrons. The van der Waals surface area contributed by atoms with Crippen molar-refractivity contribution in [1.82, 2.24) is 4.98 Å². The largest absolute Gasteiger partial charge is 0.326 e. The number of unbranched alkanes of at least 4 members (excludes halogenated alkanes) is 1. The topological polar surface area (TPSA) is 32.9 Å². The molecule has 0 saturated carbocycles. The third-order valence-electron chi connectivity index (χ3n) is 2.00. The summed E-state index contributed by atoms with van der Waals surface area (Å²) in [6, 6.07) is 3.74. The van der Waals surface area contributed by atoms with Crippen LogP contribution < -0.4 is 5.56 Å². The van der Waals surface area contributed by atoms with E-state index in [0.29, 0.717) is 5.56 Å². The van der Waals surface area contributed by atoms with E-state index >= 15 is 0 Å². The molecule has 0 amide bonds. The van der Waals surface area contributed by atoms with Crippen molar-refractivity contribution in [2.24, 2.45) is 0 Å². The highest BCUT2D eigenvalue weighted by molar-refractivity contribution is 6.17. The van der Waals surface area contributed by atoms with E-state index in [2.05, 4.69) is 11.9 Å². The van der Waals surface area contributed by atoms with Crippen molar-refractivity contribution in [2.45, 2.75) is 32.1 Å². The van der Waals surface area contributed by atoms with Gasteiger partial charge in [0.1, 0.15) is 0 Å². The van der Waals surface area contributed by atoms with Crippen LogP contribution in [0.4, 0.5) is 0 Å². The van der Waals surface area contributed by atoms with Gasteiger partial charge in [-0.3, -0.25) is 4.79 Å². The number of aryl methyl sites for hydroxylation is 1. The highest BCUT2D eigenvalue weighted by Gasteiger charge is 1.98. The fraction of sp³-hybridized carbons (Fsp3) is 0.500. The highest BCUT2D eigenvalue weighted by Crippen LogP contribution is 2.02. The van der Waals surface area contributed by atoms with Crippen molar-refractivity contribution in [2.75, 3.05) is 0 Å². The van der Waals surface area contributed by atoms with Crippen LogP contribution in [-0.2, 0) is 12.3 Å². The summed E-state index contributed by atoms with van der Waals surface area (Å²) >= 11 is 5.57. The van der Waals surface area contributed by atoms with Gasteiger partial charge in [-0.15, -0.1) is 11.6 Å². The zero-order valence-corrected chi connectivity index (χ0v) is 8.53. The molecular weight excluding hydrogens is 186 g/mol. The lowest BCUT2D eigenvalue weighted by molar-refractivity contribution is 0.772. The van der Waals surface area contributed by atoms with Crippen LogP contribution in [0, 0.1) is 0 Å². The van der Waals surface area contributed by atoms with Gasteiger partial charge < -0.3 is 4.98 Å². The normalized spacial score (nSPS) is 10.3. The Labute approximate surface area is 82.9 Å². The number of alkyl halides is 1. The summed E-state index contributed by atoms with van der Waals surface area (Å²) in [5, 5.41) is 0. The number of rotatable bonds is 4. The second-order valence-electron chi connectivity index (χ2n) is 3.08. The quantitative estimate of drug-likeness (QED) is 0.743. The molecule has 1 heterocycles. The second kappa shape index (κ2) is 5.07. The Balaban J connectivity index is 2.77. The minimum atomic E-state index is -0.0522. The molecule has 0 spiro atoms. The van der Waals surface area contributed by atoms with Gasteiger partial charge in [-0.05, 0) is 18.9 Å². The number of H-pyrrole nitrogens is 1. The smallest absolute Gasteiger partial charge is 0.252 e. The molecule has 1 aromatic rings. The van der Waals surface area contributed by atoms with Gasteiger partial charge in [0.05, 0.1) is 5.88 Å². The van der Waals surface area contributed by atoms with Crippen LogP contribution >= 0.6 is 11.6 Å². The second-order valence-corrected chi connectivity index (χ2v) is 3.34. The fourth-order valence-corrected chi connectivity index (χ4v) is 1.37. The predicted molar refractivity (Wildman–Crippen MR) is 55.2 cm³/mol. The number of aromatic nitrogens is 1. The standard InChI is InChI=1S/C10H14ClNO/c1-2-3-4-9-6-5-8(7-11)10(13)12-9/h5-6H,2-4,7H2,1H3,(H,12,13). The minimum absolute atomic E-state index is 0.0522. The van der Waals surface area contributed by atoms with E-state index in [4.69, 9.17) is 11.6 Å². The third kappa shape index (κ3) is 2.88. The number of hydrogen-bond acceptors (Lipinski definition) is 1. The molecule has 2 nitrogen and oxygen atoms in total. The molecule has 13 heavy (non-hydrogen) atoms. The first-order chi connectivity index (χ1) is 6.27. The maximum absolute atomic E-state index is 11.3. The first-order valence-corrected chi connectivity index (χ1v) is 5.08. The molecule has 0 aromatic carbocycles. The Morgan fingerprint density at radius 1 is 1.46 bits per heavy atom. The SMILES string of the molecule is CCCCc1ccc(CCl)c(=O)[nH]1. The van der Waals surface area contributed by atoms with E-state index in [0.717, 1.165) is 25.0 Å². The molecule has 0 unspecified atom stereocenters. The van der Waals surface area contributed by atoms with E-state index in [1.54, 1.807) is 6.07 Å². The average molecular weight is 200 g/mol. The molecule has 0 atom stereocenters. The van der Waals surface area contributed by atoms with Crippen molar-refractivity contribution in [3.8, 4) is 0 Å². The molecule has 0 saturated heterocycles. The summed E-state index contributed by atoms with van der Waals surface area (Å²) in [5.41, 5.74) is 1.59. The third-order valence-corrected chi connectivity index (χ3v) is 2.28. The first kappa shape index (κ1) is 10.3. The van der Waals surface area contributed by atoms with Gasteiger partial charge >= 0.3 is 0 Å². The van der Waals surface area contributed by atoms with Crippen LogP contribution in [0.5, 0.6) is 0 Å². The molecule has 1 aromatic heterocycles. The number of aromatic amines is 1. The number of halogens is 1. The van der Waals surface area contributed by atoms with Crippen LogP contribution in [0.15, 0.2) is 16.9 Å². The minimum Gasteiger partial charge on any atom is -0.326 e. The molecular formula is C10H14ClNO. The summed E-state index contributed by atoms with van der Waals surface area (Å²) < 4.78 is 0. The summed E-state index contributed by atoms with van der Waals surface area (Å²) in [5.74, 6) is 0.281. The summed E-state index contributed by atoms with van der Waals surface area (Å²) in [6.45, 7) is 2.13. The van der Waals surface area contributed by atoms with Crippen molar-refractivity contribution in [3.63, 3.8) is 0 Å². The first-order valence-electron chi connectivity index (χ1n) is 4.55. The molecule has 1 rings (SSSR count). The zero-order valence-electron chi connectivity index (χ0n) is 7.77. The van der Waals surface area contributed by atoms with Gasteiger partial charge in [0.15, 0.2) is 0 Å². The Hall–Kier alpha value is -0.760. The van der Waals surface area contributed by atoms with Gasteiger partial charge in [-0.25, -0.2) is 0 Å². The monoisotopic (exact) mass is 199 g/mol. The molecule has 0 aliphatic heterocycles. The van der Waals surface area contributed by atoms with E-state index < -0.39 is 0 Å². The van der Waals surface area contributed by atoms with Gasteiger partial charge in [0.2, 0.25) is 0 Å². The van der Waals surface area contributed by atoms with Crippen LogP contribution in [0.25, 0.3) is 0 Å². The lowest BCUT2D eigenvalue weighted by Gasteiger charge is -2.00. The van der Waals surface area contributed by atoms with E-state index in [-0.39, 0.29) is 11.4 Å². The summed E-state index contributed by atoms with van der Waals surface area (Å²) in [7, 11) is 0. The Kier molecular flexibility index (Phi) is 4.03. The summed E-state index contributed by atoms with van der Waals surface area (Å²) in [4.78, 5) is 14.1. The van der Waals surface area contributed by atoms with Crippen LogP contribution in [0.3, 0.4) is 0 Å². The predicted octanol–water partition coefficient (Wildman–Crippen LogP) is 2.46. The van der Waals surface area contributed by atoms with Crippen molar-refractivity contribution in [3.05, 3.63) is 33.7 Å². The molecule has 0 fully saturated rings. The maximum atomic E-state index is 11.3.